The smallest absolute Gasteiger partial charge is 0.311 e. The van der Waals surface area contributed by atoms with Gasteiger partial charge in [-0.05, 0) is 42.5 Å². The zero-order valence-electron chi connectivity index (χ0n) is 15.5. The van der Waals surface area contributed by atoms with Crippen molar-refractivity contribution in [3.8, 4) is 0 Å². The number of carbonyl (C=O) groups excluding carboxylic acids is 2. The normalized spacial score (nSPS) is 19.0. The Labute approximate surface area is 170 Å². The average molecular weight is 415 g/mol. The number of ether oxygens (including phenoxy) is 2. The van der Waals surface area contributed by atoms with Crippen molar-refractivity contribution in [3.05, 3.63) is 29.8 Å². The molecule has 2 atom stereocenters. The first-order valence-electron chi connectivity index (χ1n) is 8.86. The molecule has 143 valence electrons. The topological polar surface area (TPSA) is 55.8 Å². The molecule has 0 saturated carbocycles. The van der Waals surface area contributed by atoms with E-state index >= 15 is 0 Å². The second-order valence-electron chi connectivity index (χ2n) is 6.33. The quantitative estimate of drug-likeness (QED) is 0.389. The van der Waals surface area contributed by atoms with Crippen LogP contribution < -0.4 is 4.67 Å². The van der Waals surface area contributed by atoms with E-state index in [1.165, 1.54) is 0 Å². The number of esters is 2. The molecule has 1 radical (unpaired) electrons. The van der Waals surface area contributed by atoms with Gasteiger partial charge in [-0.25, -0.2) is 0 Å². The fourth-order valence-corrected chi connectivity index (χ4v) is 3.75. The van der Waals surface area contributed by atoms with Crippen molar-refractivity contribution in [2.45, 2.75) is 46.0 Å². The van der Waals surface area contributed by atoms with E-state index in [4.69, 9.17) is 9.47 Å². The number of rotatable bonds is 7. The molecule has 1 aromatic carbocycles. The number of hydrogen-bond acceptors (Lipinski definition) is 5. The molecule has 7 heteroatoms. The van der Waals surface area contributed by atoms with Crippen molar-refractivity contribution >= 4 is 27.0 Å². The Morgan fingerprint density at radius 2 is 2.04 bits per heavy atom. The first kappa shape index (κ1) is 23.0. The Bertz CT molecular complexity index is 613. The molecular weight excluding hydrogens is 388 g/mol. The molecule has 26 heavy (non-hydrogen) atoms. The first-order chi connectivity index (χ1) is 12.0. The third kappa shape index (κ3) is 5.74. The van der Waals surface area contributed by atoms with Gasteiger partial charge in [0, 0.05) is 31.5 Å². The molecule has 1 aliphatic rings. The van der Waals surface area contributed by atoms with Crippen LogP contribution in [0.25, 0.3) is 0 Å². The predicted octanol–water partition coefficient (Wildman–Crippen LogP) is 3.31. The van der Waals surface area contributed by atoms with Crippen LogP contribution >= 0.6 is 9.39 Å². The maximum absolute atomic E-state index is 12.8. The maximum Gasteiger partial charge on any atom is 0.311 e. The Morgan fingerprint density at radius 3 is 2.73 bits per heavy atom. The fourth-order valence-electron chi connectivity index (χ4n) is 3.36. The zero-order valence-corrected chi connectivity index (χ0v) is 18.0. The molecular formula is C19H27NO4PV-. The van der Waals surface area contributed by atoms with Crippen LogP contribution in [0.15, 0.2) is 18.2 Å². The van der Waals surface area contributed by atoms with E-state index in [-0.39, 0.29) is 30.5 Å². The van der Waals surface area contributed by atoms with Crippen LogP contribution in [0.3, 0.4) is 0 Å². The average Bonchev–Trinajstić information content (AvgIpc) is 2.74. The van der Waals surface area contributed by atoms with Gasteiger partial charge >= 0.3 is 11.9 Å². The van der Waals surface area contributed by atoms with Gasteiger partial charge in [0.2, 0.25) is 0 Å². The maximum atomic E-state index is 12.8. The van der Waals surface area contributed by atoms with Crippen LogP contribution in [0.1, 0.15) is 45.1 Å². The van der Waals surface area contributed by atoms with Gasteiger partial charge in [-0.1, -0.05) is 12.1 Å². The van der Waals surface area contributed by atoms with E-state index in [0.717, 1.165) is 17.8 Å². The van der Waals surface area contributed by atoms with Crippen molar-refractivity contribution in [2.75, 3.05) is 24.4 Å². The number of benzene rings is 1. The van der Waals surface area contributed by atoms with Gasteiger partial charge in [0.15, 0.2) is 0 Å². The number of carbonyl (C=O) groups is 2. The Kier molecular flexibility index (Phi) is 9.70. The van der Waals surface area contributed by atoms with Crippen molar-refractivity contribution < 1.29 is 37.6 Å². The second-order valence-corrected chi connectivity index (χ2v) is 6.96. The molecule has 1 aliphatic heterocycles. The van der Waals surface area contributed by atoms with E-state index in [9.17, 15) is 9.59 Å². The minimum absolute atomic E-state index is 0. The van der Waals surface area contributed by atoms with E-state index in [1.807, 2.05) is 25.1 Å². The van der Waals surface area contributed by atoms with Crippen LogP contribution in [-0.2, 0) is 44.0 Å². The van der Waals surface area contributed by atoms with E-state index in [1.54, 1.807) is 6.92 Å². The molecule has 0 saturated heterocycles. The van der Waals surface area contributed by atoms with Gasteiger partial charge in [-0.3, -0.25) is 9.59 Å². The summed E-state index contributed by atoms with van der Waals surface area (Å²) in [6.07, 6.45) is 2.84. The van der Waals surface area contributed by atoms with Crippen LogP contribution in [-0.4, -0.2) is 31.7 Å². The standard InChI is InChI=1S/C19H27NO4P.V/c1-3-23-17(21)10-7-11-19(18(22)24-4-2)12-13-20(25)16-9-6-5-8-15(16)14-19;/h6,8-9H,3-4,7,10-14,25H2,1-2H3;/q-1;. The monoisotopic (exact) mass is 415 g/mol. The Hall–Kier alpha value is -1.03. The predicted molar refractivity (Wildman–Crippen MR) is 100 cm³/mol. The first-order valence-corrected chi connectivity index (χ1v) is 9.38. The summed E-state index contributed by atoms with van der Waals surface area (Å²) in [5, 5.41) is 0. The second kappa shape index (κ2) is 11.0. The van der Waals surface area contributed by atoms with Gasteiger partial charge in [-0.2, -0.15) is 18.2 Å². The molecule has 0 spiro atoms. The summed E-state index contributed by atoms with van der Waals surface area (Å²) in [6.45, 7) is 5.10. The van der Waals surface area contributed by atoms with Crippen molar-refractivity contribution in [3.63, 3.8) is 0 Å². The molecule has 0 amide bonds. The fraction of sp³-hybridized carbons (Fsp3) is 0.579. The molecule has 0 aliphatic carbocycles. The molecule has 2 rings (SSSR count). The molecule has 1 aromatic rings. The van der Waals surface area contributed by atoms with Crippen LogP contribution in [0.4, 0.5) is 5.69 Å². The number of fused-ring (bicyclic) bond motifs is 1. The molecule has 0 bridgehead atoms. The summed E-state index contributed by atoms with van der Waals surface area (Å²) in [6, 6.07) is 8.95. The van der Waals surface area contributed by atoms with Gasteiger partial charge in [-0.15, -0.1) is 11.6 Å². The number of nitrogens with zero attached hydrogens (tertiary/aromatic N) is 1. The van der Waals surface area contributed by atoms with Crippen LogP contribution in [0.5, 0.6) is 0 Å². The summed E-state index contributed by atoms with van der Waals surface area (Å²) in [7, 11) is 2.73. The molecule has 2 unspecified atom stereocenters. The largest absolute Gasteiger partial charge is 0.466 e. The summed E-state index contributed by atoms with van der Waals surface area (Å²) >= 11 is 0. The minimum Gasteiger partial charge on any atom is -0.466 e. The van der Waals surface area contributed by atoms with Gasteiger partial charge in [0.1, 0.15) is 0 Å². The third-order valence-electron chi connectivity index (χ3n) is 4.64. The van der Waals surface area contributed by atoms with Gasteiger partial charge < -0.3 is 14.1 Å². The molecule has 5 nitrogen and oxygen atoms in total. The summed E-state index contributed by atoms with van der Waals surface area (Å²) < 4.78 is 12.5. The molecule has 0 N–H and O–H groups in total. The van der Waals surface area contributed by atoms with Crippen molar-refractivity contribution in [1.82, 2.24) is 0 Å². The minimum atomic E-state index is -0.613. The van der Waals surface area contributed by atoms with Crippen LogP contribution in [0.2, 0.25) is 0 Å². The van der Waals surface area contributed by atoms with E-state index < -0.39 is 5.41 Å². The Balaban J connectivity index is 0.00000338. The van der Waals surface area contributed by atoms with Crippen LogP contribution in [0, 0.1) is 11.5 Å². The van der Waals surface area contributed by atoms with Gasteiger partial charge in [0.25, 0.3) is 0 Å². The van der Waals surface area contributed by atoms with E-state index in [2.05, 4.69) is 20.1 Å². The van der Waals surface area contributed by atoms with Crippen molar-refractivity contribution in [1.29, 1.82) is 0 Å². The Morgan fingerprint density at radius 1 is 1.31 bits per heavy atom. The third-order valence-corrected chi connectivity index (χ3v) is 5.18. The number of anilines is 1. The van der Waals surface area contributed by atoms with Crippen molar-refractivity contribution in [2.24, 2.45) is 5.41 Å². The SMILES string of the molecule is CCOC(=O)CCCC1(C(=O)OCC)CCN(P)c2cc[c-]cc2C1.[V]. The summed E-state index contributed by atoms with van der Waals surface area (Å²) in [5.74, 6) is -0.384. The van der Waals surface area contributed by atoms with E-state index in [0.29, 0.717) is 45.3 Å². The number of hydrogen-bond donors (Lipinski definition) is 0. The van der Waals surface area contributed by atoms with Gasteiger partial charge in [0.05, 0.1) is 18.6 Å². The molecule has 0 aromatic heterocycles. The molecule has 0 fully saturated rings. The summed E-state index contributed by atoms with van der Waals surface area (Å²) in [5.41, 5.74) is 1.57. The zero-order chi connectivity index (χ0) is 18.3. The summed E-state index contributed by atoms with van der Waals surface area (Å²) in [4.78, 5) is 24.5. The molecule has 1 heterocycles.